The summed E-state index contributed by atoms with van der Waals surface area (Å²) in [5.41, 5.74) is 6.33. The zero-order valence-electron chi connectivity index (χ0n) is 10.5. The minimum atomic E-state index is -3.79. The molecule has 1 aromatic rings. The van der Waals surface area contributed by atoms with Gasteiger partial charge in [0.05, 0.1) is 23.6 Å². The van der Waals surface area contributed by atoms with E-state index in [-0.39, 0.29) is 11.3 Å². The second kappa shape index (κ2) is 4.92. The van der Waals surface area contributed by atoms with Crippen LogP contribution in [0.2, 0.25) is 0 Å². The number of hydrogen-bond donors (Lipinski definition) is 2. The predicted octanol–water partition coefficient (Wildman–Crippen LogP) is 0.0857. The summed E-state index contributed by atoms with van der Waals surface area (Å²) in [6, 6.07) is 6.17. The van der Waals surface area contributed by atoms with E-state index in [2.05, 4.69) is 0 Å². The van der Waals surface area contributed by atoms with Crippen LogP contribution in [0.15, 0.2) is 29.2 Å². The van der Waals surface area contributed by atoms with Crippen LogP contribution in [0.5, 0.6) is 0 Å². The lowest BCUT2D eigenvalue weighted by atomic mass is 9.89. The number of carbonyl (C=O) groups is 1. The Morgan fingerprint density at radius 3 is 2.37 bits per heavy atom. The van der Waals surface area contributed by atoms with Crippen LogP contribution in [0.25, 0.3) is 0 Å². The van der Waals surface area contributed by atoms with Gasteiger partial charge in [-0.3, -0.25) is 4.79 Å². The molecule has 0 bridgehead atoms. The molecule has 2 rings (SSSR count). The van der Waals surface area contributed by atoms with Gasteiger partial charge in [0, 0.05) is 6.42 Å². The summed E-state index contributed by atoms with van der Waals surface area (Å²) in [4.78, 5) is 11.2. The molecule has 3 N–H and O–H groups in total. The lowest BCUT2D eigenvalue weighted by molar-refractivity contribution is -0.119. The van der Waals surface area contributed by atoms with Gasteiger partial charge >= 0.3 is 0 Å². The molecule has 1 saturated heterocycles. The number of carbonyl (C=O) groups excluding carboxylic acids is 1. The molecule has 6 nitrogen and oxygen atoms in total. The molecule has 0 atom stereocenters. The van der Waals surface area contributed by atoms with Gasteiger partial charge in [0.2, 0.25) is 5.91 Å². The van der Waals surface area contributed by atoms with Crippen LogP contribution >= 0.6 is 0 Å². The SMILES string of the molecule is CCC(=O)NS(=O)(=O)c1ccc(C2(N)COC2)cc1. The zero-order valence-corrected chi connectivity index (χ0v) is 11.4. The van der Waals surface area contributed by atoms with Crippen LogP contribution in [-0.4, -0.2) is 27.5 Å². The van der Waals surface area contributed by atoms with Gasteiger partial charge in [-0.15, -0.1) is 0 Å². The van der Waals surface area contributed by atoms with Crippen molar-refractivity contribution in [1.29, 1.82) is 0 Å². The van der Waals surface area contributed by atoms with Crippen molar-refractivity contribution in [2.75, 3.05) is 13.2 Å². The molecule has 1 aromatic carbocycles. The molecule has 7 heteroatoms. The van der Waals surface area contributed by atoms with Crippen LogP contribution in [0, 0.1) is 0 Å². The zero-order chi connectivity index (χ0) is 14.1. The molecule has 1 amide bonds. The Bertz CT molecular complexity index is 576. The molecule has 0 saturated carbocycles. The Morgan fingerprint density at radius 2 is 1.95 bits per heavy atom. The summed E-state index contributed by atoms with van der Waals surface area (Å²) < 4.78 is 30.8. The number of rotatable bonds is 4. The first-order valence-electron chi connectivity index (χ1n) is 5.90. The normalized spacial score (nSPS) is 17.6. The van der Waals surface area contributed by atoms with E-state index in [0.29, 0.717) is 13.2 Å². The molecule has 0 spiro atoms. The quantitative estimate of drug-likeness (QED) is 0.816. The summed E-state index contributed by atoms with van der Waals surface area (Å²) in [5.74, 6) is -0.535. The second-order valence-electron chi connectivity index (χ2n) is 4.56. The lowest BCUT2D eigenvalue weighted by Gasteiger charge is -2.38. The Balaban J connectivity index is 2.20. The highest BCUT2D eigenvalue weighted by molar-refractivity contribution is 7.90. The molecule has 1 aliphatic heterocycles. The van der Waals surface area contributed by atoms with Gasteiger partial charge in [0.25, 0.3) is 10.0 Å². The maximum Gasteiger partial charge on any atom is 0.264 e. The van der Waals surface area contributed by atoms with E-state index in [0.717, 1.165) is 5.56 Å². The average Bonchev–Trinajstić information content (AvgIpc) is 2.35. The van der Waals surface area contributed by atoms with E-state index in [9.17, 15) is 13.2 Å². The van der Waals surface area contributed by atoms with Gasteiger partial charge in [-0.2, -0.15) is 0 Å². The van der Waals surface area contributed by atoms with Gasteiger partial charge in [-0.25, -0.2) is 13.1 Å². The topological polar surface area (TPSA) is 98.5 Å². The van der Waals surface area contributed by atoms with Gasteiger partial charge in [0.15, 0.2) is 0 Å². The molecule has 104 valence electrons. The lowest BCUT2D eigenvalue weighted by Crippen LogP contribution is -2.54. The second-order valence-corrected chi connectivity index (χ2v) is 6.24. The molecule has 1 fully saturated rings. The van der Waals surface area contributed by atoms with Crippen molar-refractivity contribution < 1.29 is 17.9 Å². The van der Waals surface area contributed by atoms with Crippen molar-refractivity contribution in [3.8, 4) is 0 Å². The minimum absolute atomic E-state index is 0.0434. The molecule has 1 heterocycles. The first kappa shape index (κ1) is 14.0. The molecule has 0 aromatic heterocycles. The third kappa shape index (κ3) is 2.78. The highest BCUT2D eigenvalue weighted by Gasteiger charge is 2.36. The maximum absolute atomic E-state index is 11.9. The van der Waals surface area contributed by atoms with Crippen molar-refractivity contribution in [3.05, 3.63) is 29.8 Å². The molecule has 0 radical (unpaired) electrons. The van der Waals surface area contributed by atoms with Crippen LogP contribution in [0.1, 0.15) is 18.9 Å². The van der Waals surface area contributed by atoms with Crippen molar-refractivity contribution in [3.63, 3.8) is 0 Å². The highest BCUT2D eigenvalue weighted by atomic mass is 32.2. The number of sulfonamides is 1. The monoisotopic (exact) mass is 284 g/mol. The largest absolute Gasteiger partial charge is 0.377 e. The van der Waals surface area contributed by atoms with Crippen molar-refractivity contribution in [1.82, 2.24) is 4.72 Å². The van der Waals surface area contributed by atoms with Gasteiger partial charge in [0.1, 0.15) is 0 Å². The number of nitrogens with two attached hydrogens (primary N) is 1. The van der Waals surface area contributed by atoms with Crippen molar-refractivity contribution in [2.45, 2.75) is 23.8 Å². The Morgan fingerprint density at radius 1 is 1.37 bits per heavy atom. The number of benzene rings is 1. The molecule has 1 aliphatic rings. The molecule has 0 unspecified atom stereocenters. The van der Waals surface area contributed by atoms with Crippen molar-refractivity contribution >= 4 is 15.9 Å². The Hall–Kier alpha value is -1.44. The third-order valence-electron chi connectivity index (χ3n) is 3.03. The van der Waals surface area contributed by atoms with E-state index in [4.69, 9.17) is 10.5 Å². The van der Waals surface area contributed by atoms with Gasteiger partial charge in [-0.1, -0.05) is 19.1 Å². The maximum atomic E-state index is 11.9. The van der Waals surface area contributed by atoms with Crippen LogP contribution in [0.4, 0.5) is 0 Å². The van der Waals surface area contributed by atoms with Crippen LogP contribution in [-0.2, 0) is 25.1 Å². The summed E-state index contributed by atoms with van der Waals surface area (Å²) in [5, 5.41) is 0. The Labute approximate surface area is 112 Å². The van der Waals surface area contributed by atoms with E-state index >= 15 is 0 Å². The number of hydrogen-bond acceptors (Lipinski definition) is 5. The summed E-state index contributed by atoms with van der Waals surface area (Å²) in [7, 11) is -3.79. The van der Waals surface area contributed by atoms with Crippen LogP contribution in [0.3, 0.4) is 0 Å². The minimum Gasteiger partial charge on any atom is -0.377 e. The predicted molar refractivity (Wildman–Crippen MR) is 68.7 cm³/mol. The van der Waals surface area contributed by atoms with Crippen molar-refractivity contribution in [2.24, 2.45) is 5.73 Å². The highest BCUT2D eigenvalue weighted by Crippen LogP contribution is 2.27. The van der Waals surface area contributed by atoms with Gasteiger partial charge in [-0.05, 0) is 17.7 Å². The summed E-state index contributed by atoms with van der Waals surface area (Å²) in [6.45, 7) is 2.43. The fourth-order valence-corrected chi connectivity index (χ4v) is 2.79. The number of ether oxygens (including phenoxy) is 1. The van der Waals surface area contributed by atoms with E-state index in [1.165, 1.54) is 12.1 Å². The van der Waals surface area contributed by atoms with Crippen LogP contribution < -0.4 is 10.5 Å². The summed E-state index contributed by atoms with van der Waals surface area (Å²) >= 11 is 0. The smallest absolute Gasteiger partial charge is 0.264 e. The molecular formula is C12H16N2O4S. The average molecular weight is 284 g/mol. The first-order valence-corrected chi connectivity index (χ1v) is 7.38. The van der Waals surface area contributed by atoms with Gasteiger partial charge < -0.3 is 10.5 Å². The molecular weight excluding hydrogens is 268 g/mol. The van der Waals surface area contributed by atoms with E-state index in [1.807, 2.05) is 4.72 Å². The molecule has 19 heavy (non-hydrogen) atoms. The standard InChI is InChI=1S/C12H16N2O4S/c1-2-11(15)14-19(16,17)10-5-3-9(4-6-10)12(13)7-18-8-12/h3-6H,2,7-8,13H2,1H3,(H,14,15). The fraction of sp³-hybridized carbons (Fsp3) is 0.417. The molecule has 0 aliphatic carbocycles. The Kier molecular flexibility index (Phi) is 3.62. The van der Waals surface area contributed by atoms with E-state index < -0.39 is 21.5 Å². The number of nitrogens with one attached hydrogen (secondary N) is 1. The number of amides is 1. The fourth-order valence-electron chi connectivity index (χ4n) is 1.74. The third-order valence-corrected chi connectivity index (χ3v) is 4.42. The first-order chi connectivity index (χ1) is 8.87. The van der Waals surface area contributed by atoms with E-state index in [1.54, 1.807) is 19.1 Å². The summed E-state index contributed by atoms with van der Waals surface area (Å²) in [6.07, 6.45) is 0.112.